The first kappa shape index (κ1) is 15.3. The zero-order valence-electron chi connectivity index (χ0n) is 12.1. The minimum atomic E-state index is 0.0543. The monoisotopic (exact) mass is 302 g/mol. The van der Waals surface area contributed by atoms with Gasteiger partial charge in [-0.15, -0.1) is 0 Å². The molecule has 0 saturated carbocycles. The van der Waals surface area contributed by atoms with Crippen molar-refractivity contribution in [3.63, 3.8) is 0 Å². The lowest BCUT2D eigenvalue weighted by Gasteiger charge is -2.17. The van der Waals surface area contributed by atoms with Gasteiger partial charge in [0.05, 0.1) is 12.7 Å². The van der Waals surface area contributed by atoms with E-state index in [4.69, 9.17) is 22.4 Å². The summed E-state index contributed by atoms with van der Waals surface area (Å²) in [6.07, 6.45) is 1.99. The summed E-state index contributed by atoms with van der Waals surface area (Å²) in [5, 5.41) is 0. The molecule has 1 heterocycles. The van der Waals surface area contributed by atoms with Crippen LogP contribution in [0.25, 0.3) is 0 Å². The molecule has 2 aromatic rings. The van der Waals surface area contributed by atoms with Gasteiger partial charge in [0.25, 0.3) is 0 Å². The summed E-state index contributed by atoms with van der Waals surface area (Å²) in [4.78, 5) is 14.3. The number of thiocarbonyl (C=S) groups is 1. The van der Waals surface area contributed by atoms with Gasteiger partial charge in [0, 0.05) is 24.7 Å². The van der Waals surface area contributed by atoms with Crippen LogP contribution in [0.15, 0.2) is 41.0 Å². The van der Waals surface area contributed by atoms with Gasteiger partial charge >= 0.3 is 0 Å². The number of aryl methyl sites for hydroxylation is 1. The van der Waals surface area contributed by atoms with Crippen LogP contribution in [-0.2, 0) is 17.8 Å². The van der Waals surface area contributed by atoms with Crippen LogP contribution in [0, 0.1) is 6.92 Å². The fraction of sp³-hybridized carbons (Fsp3) is 0.250. The van der Waals surface area contributed by atoms with Gasteiger partial charge in [-0.3, -0.25) is 4.79 Å². The molecule has 0 unspecified atom stereocenters. The van der Waals surface area contributed by atoms with E-state index in [1.165, 1.54) is 0 Å². The number of hydrogen-bond donors (Lipinski definition) is 1. The van der Waals surface area contributed by atoms with Gasteiger partial charge in [0.15, 0.2) is 0 Å². The van der Waals surface area contributed by atoms with Crippen molar-refractivity contribution < 1.29 is 9.21 Å². The van der Waals surface area contributed by atoms with Crippen LogP contribution in [-0.4, -0.2) is 22.8 Å². The van der Waals surface area contributed by atoms with Crippen LogP contribution in [0.5, 0.6) is 0 Å². The number of likely N-dealkylation sites (N-methyl/N-ethyl adjacent to an activating group) is 1. The minimum Gasteiger partial charge on any atom is -0.469 e. The maximum Gasteiger partial charge on any atom is 0.227 e. The Morgan fingerprint density at radius 2 is 1.95 bits per heavy atom. The van der Waals surface area contributed by atoms with Gasteiger partial charge in [-0.25, -0.2) is 0 Å². The second-order valence-electron chi connectivity index (χ2n) is 4.99. The molecule has 0 atom stereocenters. The summed E-state index contributed by atoms with van der Waals surface area (Å²) < 4.78 is 5.24. The van der Waals surface area contributed by atoms with Crippen LogP contribution in [0.1, 0.15) is 22.5 Å². The largest absolute Gasteiger partial charge is 0.469 e. The van der Waals surface area contributed by atoms with E-state index in [1.54, 1.807) is 18.2 Å². The molecule has 0 radical (unpaired) electrons. The number of nitrogens with two attached hydrogens (primary N) is 1. The SMILES string of the molecule is Cc1occc1CN(C)C(=O)Cc1ccc(C(N)=S)cc1. The highest BCUT2D eigenvalue weighted by Gasteiger charge is 2.12. The van der Waals surface area contributed by atoms with Crippen LogP contribution in [0.2, 0.25) is 0 Å². The fourth-order valence-corrected chi connectivity index (χ4v) is 2.15. The highest BCUT2D eigenvalue weighted by Crippen LogP contribution is 2.12. The molecular formula is C16H18N2O2S. The minimum absolute atomic E-state index is 0.0543. The van der Waals surface area contributed by atoms with Crippen molar-refractivity contribution in [3.05, 3.63) is 59.0 Å². The highest BCUT2D eigenvalue weighted by molar-refractivity contribution is 7.80. The molecular weight excluding hydrogens is 284 g/mol. The predicted octanol–water partition coefficient (Wildman–Crippen LogP) is 2.42. The molecule has 0 aliphatic heterocycles. The number of benzene rings is 1. The summed E-state index contributed by atoms with van der Waals surface area (Å²) in [6, 6.07) is 9.32. The molecule has 4 nitrogen and oxygen atoms in total. The third-order valence-corrected chi connectivity index (χ3v) is 3.63. The maximum atomic E-state index is 12.2. The fourth-order valence-electron chi connectivity index (χ4n) is 2.02. The van der Waals surface area contributed by atoms with E-state index in [0.29, 0.717) is 18.0 Å². The first-order valence-electron chi connectivity index (χ1n) is 6.63. The Labute approximate surface area is 129 Å². The Kier molecular flexibility index (Phi) is 4.75. The van der Waals surface area contributed by atoms with E-state index in [0.717, 1.165) is 22.5 Å². The summed E-state index contributed by atoms with van der Waals surface area (Å²) in [7, 11) is 1.79. The average molecular weight is 302 g/mol. The molecule has 0 saturated heterocycles. The van der Waals surface area contributed by atoms with Gasteiger partial charge in [0.2, 0.25) is 5.91 Å². The van der Waals surface area contributed by atoms with Crippen molar-refractivity contribution in [2.45, 2.75) is 19.9 Å². The van der Waals surface area contributed by atoms with E-state index < -0.39 is 0 Å². The second-order valence-corrected chi connectivity index (χ2v) is 5.43. The first-order valence-corrected chi connectivity index (χ1v) is 7.04. The Morgan fingerprint density at radius 1 is 1.29 bits per heavy atom. The van der Waals surface area contributed by atoms with E-state index in [1.807, 2.05) is 37.3 Å². The predicted molar refractivity (Wildman–Crippen MR) is 86.0 cm³/mol. The standard InChI is InChI=1S/C16H18N2O2S/c1-11-14(7-8-20-11)10-18(2)15(19)9-12-3-5-13(6-4-12)16(17)21/h3-8H,9-10H2,1-2H3,(H2,17,21). The van der Waals surface area contributed by atoms with Crippen LogP contribution in [0.4, 0.5) is 0 Å². The molecule has 5 heteroatoms. The van der Waals surface area contributed by atoms with E-state index in [-0.39, 0.29) is 5.91 Å². The molecule has 21 heavy (non-hydrogen) atoms. The molecule has 0 fully saturated rings. The molecule has 1 aromatic carbocycles. The van der Waals surface area contributed by atoms with Gasteiger partial charge in [-0.05, 0) is 18.6 Å². The first-order chi connectivity index (χ1) is 9.97. The van der Waals surface area contributed by atoms with Gasteiger partial charge < -0.3 is 15.1 Å². The van der Waals surface area contributed by atoms with E-state index >= 15 is 0 Å². The zero-order chi connectivity index (χ0) is 15.4. The molecule has 0 bridgehead atoms. The Morgan fingerprint density at radius 3 is 2.48 bits per heavy atom. The lowest BCUT2D eigenvalue weighted by molar-refractivity contribution is -0.129. The van der Waals surface area contributed by atoms with Gasteiger partial charge in [0.1, 0.15) is 10.7 Å². The van der Waals surface area contributed by atoms with Gasteiger partial charge in [-0.2, -0.15) is 0 Å². The molecule has 0 aliphatic rings. The summed E-state index contributed by atoms with van der Waals surface area (Å²) in [5.74, 6) is 0.897. The molecule has 0 spiro atoms. The number of nitrogens with zero attached hydrogens (tertiary/aromatic N) is 1. The molecule has 1 amide bonds. The van der Waals surface area contributed by atoms with Crippen LogP contribution < -0.4 is 5.73 Å². The number of carbonyl (C=O) groups excluding carboxylic acids is 1. The molecule has 0 aliphatic carbocycles. The lowest BCUT2D eigenvalue weighted by atomic mass is 10.1. The van der Waals surface area contributed by atoms with Gasteiger partial charge in [-0.1, -0.05) is 36.5 Å². The smallest absolute Gasteiger partial charge is 0.227 e. The maximum absolute atomic E-state index is 12.2. The zero-order valence-corrected chi connectivity index (χ0v) is 12.9. The van der Waals surface area contributed by atoms with Crippen molar-refractivity contribution in [1.29, 1.82) is 0 Å². The third-order valence-electron chi connectivity index (χ3n) is 3.39. The Balaban J connectivity index is 1.97. The van der Waals surface area contributed by atoms with E-state index in [2.05, 4.69) is 0 Å². The van der Waals surface area contributed by atoms with Crippen LogP contribution in [0.3, 0.4) is 0 Å². The van der Waals surface area contributed by atoms with Crippen LogP contribution >= 0.6 is 12.2 Å². The number of amides is 1. The van der Waals surface area contributed by atoms with Crippen molar-refractivity contribution in [1.82, 2.24) is 4.90 Å². The summed E-state index contributed by atoms with van der Waals surface area (Å²) in [6.45, 7) is 2.44. The molecule has 2 rings (SSSR count). The number of hydrogen-bond acceptors (Lipinski definition) is 3. The number of furan rings is 1. The van der Waals surface area contributed by atoms with Crippen molar-refractivity contribution in [2.75, 3.05) is 7.05 Å². The quantitative estimate of drug-likeness (QED) is 0.862. The molecule has 2 N–H and O–H groups in total. The molecule has 1 aromatic heterocycles. The molecule has 110 valence electrons. The van der Waals surface area contributed by atoms with Crippen molar-refractivity contribution in [3.8, 4) is 0 Å². The summed E-state index contributed by atoms with van der Waals surface area (Å²) in [5.41, 5.74) is 8.32. The Hall–Kier alpha value is -2.14. The average Bonchev–Trinajstić information content (AvgIpc) is 2.84. The van der Waals surface area contributed by atoms with Crippen molar-refractivity contribution in [2.24, 2.45) is 5.73 Å². The number of carbonyl (C=O) groups is 1. The second kappa shape index (κ2) is 6.54. The number of rotatable bonds is 5. The topological polar surface area (TPSA) is 59.5 Å². The third kappa shape index (κ3) is 3.92. The van der Waals surface area contributed by atoms with E-state index in [9.17, 15) is 4.79 Å². The Bertz CT molecular complexity index is 647. The lowest BCUT2D eigenvalue weighted by Crippen LogP contribution is -2.27. The summed E-state index contributed by atoms with van der Waals surface area (Å²) >= 11 is 4.91. The van der Waals surface area contributed by atoms with Crippen molar-refractivity contribution >= 4 is 23.1 Å². The normalized spacial score (nSPS) is 10.4. The highest BCUT2D eigenvalue weighted by atomic mass is 32.1.